The lowest BCUT2D eigenvalue weighted by Gasteiger charge is -2.29. The molecule has 0 amide bonds. The molecule has 1 aromatic rings. The van der Waals surface area contributed by atoms with Crippen molar-refractivity contribution < 1.29 is 0 Å². The van der Waals surface area contributed by atoms with Crippen LogP contribution in [0.3, 0.4) is 0 Å². The van der Waals surface area contributed by atoms with Crippen molar-refractivity contribution in [3.8, 4) is 0 Å². The highest BCUT2D eigenvalue weighted by Crippen LogP contribution is 2.38. The van der Waals surface area contributed by atoms with Crippen LogP contribution in [-0.2, 0) is 0 Å². The Kier molecular flexibility index (Phi) is 3.09. The fourth-order valence-corrected chi connectivity index (χ4v) is 3.81. The average molecular weight is 296 g/mol. The van der Waals surface area contributed by atoms with Gasteiger partial charge in [0, 0.05) is 25.3 Å². The largest absolute Gasteiger partial charge is 0.355 e. The minimum atomic E-state index is 0.390. The first-order valence-electron chi connectivity index (χ1n) is 6.37. The van der Waals surface area contributed by atoms with E-state index in [1.165, 1.54) is 19.3 Å². The lowest BCUT2D eigenvalue weighted by Crippen LogP contribution is -2.38. The topological polar surface area (TPSA) is 42.1 Å². The Morgan fingerprint density at radius 3 is 3.00 bits per heavy atom. The van der Waals surface area contributed by atoms with E-state index in [0.717, 1.165) is 29.3 Å². The average Bonchev–Trinajstić information content (AvgIpc) is 2.75. The Hall–Kier alpha value is -0.610. The molecule has 1 aromatic heterocycles. The fourth-order valence-electron chi connectivity index (χ4n) is 3.30. The van der Waals surface area contributed by atoms with E-state index in [9.17, 15) is 0 Å². The molecule has 3 atom stereocenters. The van der Waals surface area contributed by atoms with Crippen LogP contribution >= 0.6 is 15.9 Å². The first-order chi connectivity index (χ1) is 8.25. The number of nitrogens with two attached hydrogens (primary N) is 1. The summed E-state index contributed by atoms with van der Waals surface area (Å²) in [5.41, 5.74) is 6.24. The minimum absolute atomic E-state index is 0.390. The smallest absolute Gasteiger partial charge is 0.142 e. The van der Waals surface area contributed by atoms with E-state index in [4.69, 9.17) is 5.73 Å². The van der Waals surface area contributed by atoms with Crippen LogP contribution in [0.4, 0.5) is 5.82 Å². The van der Waals surface area contributed by atoms with Crippen molar-refractivity contribution in [3.63, 3.8) is 0 Å². The molecule has 3 nitrogen and oxygen atoms in total. The molecular formula is C13H18BrN3. The van der Waals surface area contributed by atoms with Crippen molar-refractivity contribution in [1.29, 1.82) is 0 Å². The van der Waals surface area contributed by atoms with Gasteiger partial charge < -0.3 is 10.6 Å². The second-order valence-corrected chi connectivity index (χ2v) is 6.09. The van der Waals surface area contributed by atoms with Gasteiger partial charge in [-0.3, -0.25) is 0 Å². The molecule has 0 spiro atoms. The zero-order valence-corrected chi connectivity index (χ0v) is 11.4. The monoisotopic (exact) mass is 295 g/mol. The molecule has 17 heavy (non-hydrogen) atoms. The van der Waals surface area contributed by atoms with E-state index in [-0.39, 0.29) is 0 Å². The van der Waals surface area contributed by atoms with Gasteiger partial charge in [0.05, 0.1) is 4.47 Å². The number of halogens is 1. The summed E-state index contributed by atoms with van der Waals surface area (Å²) in [6.45, 7) is 2.19. The first-order valence-corrected chi connectivity index (χ1v) is 7.16. The van der Waals surface area contributed by atoms with E-state index >= 15 is 0 Å². The van der Waals surface area contributed by atoms with Gasteiger partial charge in [0.25, 0.3) is 0 Å². The summed E-state index contributed by atoms with van der Waals surface area (Å²) in [4.78, 5) is 6.87. The van der Waals surface area contributed by atoms with Crippen molar-refractivity contribution in [3.05, 3.63) is 22.8 Å². The van der Waals surface area contributed by atoms with Gasteiger partial charge >= 0.3 is 0 Å². The summed E-state index contributed by atoms with van der Waals surface area (Å²) >= 11 is 3.59. The number of fused-ring (bicyclic) bond motifs is 1. The molecule has 1 aliphatic carbocycles. The van der Waals surface area contributed by atoms with Crippen molar-refractivity contribution >= 4 is 21.7 Å². The number of hydrogen-bond acceptors (Lipinski definition) is 3. The predicted molar refractivity (Wildman–Crippen MR) is 73.0 cm³/mol. The Balaban J connectivity index is 1.81. The van der Waals surface area contributed by atoms with Gasteiger partial charge in [-0.1, -0.05) is 6.42 Å². The Morgan fingerprint density at radius 2 is 2.24 bits per heavy atom. The number of nitrogens with zero attached hydrogens (tertiary/aromatic N) is 2. The zero-order valence-electron chi connectivity index (χ0n) is 9.85. The number of aromatic nitrogens is 1. The molecular weight excluding hydrogens is 278 g/mol. The maximum Gasteiger partial charge on any atom is 0.142 e. The zero-order chi connectivity index (χ0) is 11.8. The van der Waals surface area contributed by atoms with Gasteiger partial charge in [-0.25, -0.2) is 4.98 Å². The van der Waals surface area contributed by atoms with Gasteiger partial charge in [-0.15, -0.1) is 0 Å². The summed E-state index contributed by atoms with van der Waals surface area (Å²) in [6, 6.07) is 4.41. The third-order valence-corrected chi connectivity index (χ3v) is 4.81. The third-order valence-electron chi connectivity index (χ3n) is 4.19. The molecule has 4 heteroatoms. The van der Waals surface area contributed by atoms with E-state index in [1.807, 2.05) is 12.3 Å². The van der Waals surface area contributed by atoms with Crippen LogP contribution in [-0.4, -0.2) is 24.1 Å². The molecule has 2 fully saturated rings. The van der Waals surface area contributed by atoms with Crippen LogP contribution in [0, 0.1) is 11.8 Å². The molecule has 92 valence electrons. The Bertz CT molecular complexity index is 409. The summed E-state index contributed by atoms with van der Waals surface area (Å²) < 4.78 is 1.09. The highest BCUT2D eigenvalue weighted by molar-refractivity contribution is 9.10. The van der Waals surface area contributed by atoms with E-state index in [0.29, 0.717) is 12.0 Å². The van der Waals surface area contributed by atoms with Crippen LogP contribution in [0.25, 0.3) is 0 Å². The molecule has 1 saturated carbocycles. The minimum Gasteiger partial charge on any atom is -0.355 e. The molecule has 0 bridgehead atoms. The molecule has 1 aliphatic heterocycles. The molecule has 2 N–H and O–H groups in total. The SMILES string of the molecule is NC1CCCC2CN(c3ncccc3Br)CC12. The van der Waals surface area contributed by atoms with Gasteiger partial charge in [-0.2, -0.15) is 0 Å². The van der Waals surface area contributed by atoms with Crippen molar-refractivity contribution in [2.24, 2.45) is 17.6 Å². The van der Waals surface area contributed by atoms with E-state index in [2.05, 4.69) is 31.9 Å². The van der Waals surface area contributed by atoms with Crippen molar-refractivity contribution in [1.82, 2.24) is 4.98 Å². The molecule has 3 rings (SSSR count). The van der Waals surface area contributed by atoms with Crippen LogP contribution in [0.1, 0.15) is 19.3 Å². The number of pyridine rings is 1. The molecule has 2 aliphatic rings. The van der Waals surface area contributed by atoms with Crippen LogP contribution in [0.2, 0.25) is 0 Å². The number of anilines is 1. The van der Waals surface area contributed by atoms with Gasteiger partial charge in [0.2, 0.25) is 0 Å². The lowest BCUT2D eigenvalue weighted by atomic mass is 9.78. The van der Waals surface area contributed by atoms with Gasteiger partial charge in [0.15, 0.2) is 0 Å². The second-order valence-electron chi connectivity index (χ2n) is 5.23. The maximum atomic E-state index is 6.24. The number of rotatable bonds is 1. The standard InChI is InChI=1S/C13H18BrN3/c14-11-4-2-6-16-13(11)17-7-9-3-1-5-12(15)10(9)8-17/h2,4,6,9-10,12H,1,3,5,7-8,15H2. The highest BCUT2D eigenvalue weighted by atomic mass is 79.9. The fraction of sp³-hybridized carbons (Fsp3) is 0.615. The summed E-state index contributed by atoms with van der Waals surface area (Å²) in [5.74, 6) is 2.51. The van der Waals surface area contributed by atoms with Gasteiger partial charge in [-0.05, 0) is 52.7 Å². The van der Waals surface area contributed by atoms with Crippen LogP contribution in [0.15, 0.2) is 22.8 Å². The predicted octanol–water partition coefficient (Wildman–Crippen LogP) is 2.41. The summed E-state index contributed by atoms with van der Waals surface area (Å²) in [5, 5.41) is 0. The highest BCUT2D eigenvalue weighted by Gasteiger charge is 2.39. The Morgan fingerprint density at radius 1 is 1.35 bits per heavy atom. The van der Waals surface area contributed by atoms with Crippen molar-refractivity contribution in [2.45, 2.75) is 25.3 Å². The van der Waals surface area contributed by atoms with E-state index in [1.54, 1.807) is 0 Å². The van der Waals surface area contributed by atoms with Crippen molar-refractivity contribution in [2.75, 3.05) is 18.0 Å². The second kappa shape index (κ2) is 4.58. The Labute approximate surface area is 111 Å². The van der Waals surface area contributed by atoms with Crippen LogP contribution in [0.5, 0.6) is 0 Å². The molecule has 1 saturated heterocycles. The molecule has 0 radical (unpaired) electrons. The normalized spacial score (nSPS) is 32.6. The van der Waals surface area contributed by atoms with E-state index < -0.39 is 0 Å². The summed E-state index contributed by atoms with van der Waals surface area (Å²) in [6.07, 6.45) is 5.68. The molecule has 0 aromatic carbocycles. The number of hydrogen-bond donors (Lipinski definition) is 1. The van der Waals surface area contributed by atoms with Gasteiger partial charge in [0.1, 0.15) is 5.82 Å². The maximum absolute atomic E-state index is 6.24. The molecule has 3 unspecified atom stereocenters. The quantitative estimate of drug-likeness (QED) is 0.865. The van der Waals surface area contributed by atoms with Crippen LogP contribution < -0.4 is 10.6 Å². The molecule has 2 heterocycles. The lowest BCUT2D eigenvalue weighted by molar-refractivity contribution is 0.260. The first kappa shape index (κ1) is 11.5. The third kappa shape index (κ3) is 2.08. The summed E-state index contributed by atoms with van der Waals surface area (Å²) in [7, 11) is 0.